The minimum Gasteiger partial charge on any atom is -0.497 e. The molecule has 1 atom stereocenters. The average Bonchev–Trinajstić information content (AvgIpc) is 2.60. The maximum Gasteiger partial charge on any atom is 0.230 e. The first-order chi connectivity index (χ1) is 11.9. The molecular weight excluding hydrogens is 550 g/mol. The smallest absolute Gasteiger partial charge is 0.230 e. The molecule has 2 rings (SSSR count). The quantitative estimate of drug-likeness (QED) is 0.216. The summed E-state index contributed by atoms with van der Waals surface area (Å²) in [6.07, 6.45) is 1.66. The molecule has 0 radical (unpaired) electrons. The SMILES string of the molecule is COc1ccc(I)c(C=N[C@@H](C[N+](=O)[O-])c2cc(OC)ccc2I)c1. The second kappa shape index (κ2) is 9.32. The number of hydrogen-bond donors (Lipinski definition) is 0. The molecule has 2 aromatic carbocycles. The summed E-state index contributed by atoms with van der Waals surface area (Å²) in [5.41, 5.74) is 1.62. The highest BCUT2D eigenvalue weighted by atomic mass is 127. The van der Waals surface area contributed by atoms with E-state index in [-0.39, 0.29) is 11.5 Å². The topological polar surface area (TPSA) is 74.0 Å². The van der Waals surface area contributed by atoms with Gasteiger partial charge in [0, 0.05) is 29.4 Å². The van der Waals surface area contributed by atoms with Crippen LogP contribution in [-0.4, -0.2) is 31.9 Å². The van der Waals surface area contributed by atoms with Gasteiger partial charge >= 0.3 is 0 Å². The van der Waals surface area contributed by atoms with E-state index in [9.17, 15) is 10.1 Å². The lowest BCUT2D eigenvalue weighted by Crippen LogP contribution is -2.12. The number of hydrogen-bond acceptors (Lipinski definition) is 5. The number of halogens is 2. The molecule has 6 nitrogen and oxygen atoms in total. The molecule has 0 spiro atoms. The fourth-order valence-corrected chi connectivity index (χ4v) is 3.36. The van der Waals surface area contributed by atoms with Crippen molar-refractivity contribution in [3.63, 3.8) is 0 Å². The summed E-state index contributed by atoms with van der Waals surface area (Å²) in [5, 5.41) is 11.1. The lowest BCUT2D eigenvalue weighted by Gasteiger charge is -2.13. The number of benzene rings is 2. The molecule has 0 unspecified atom stereocenters. The molecule has 132 valence electrons. The van der Waals surface area contributed by atoms with Crippen LogP contribution in [0.3, 0.4) is 0 Å². The van der Waals surface area contributed by atoms with Crippen LogP contribution in [-0.2, 0) is 0 Å². The minimum atomic E-state index is -0.598. The summed E-state index contributed by atoms with van der Waals surface area (Å²) >= 11 is 4.35. The van der Waals surface area contributed by atoms with Gasteiger partial charge in [-0.1, -0.05) is 0 Å². The van der Waals surface area contributed by atoms with Crippen molar-refractivity contribution in [1.29, 1.82) is 0 Å². The van der Waals surface area contributed by atoms with E-state index < -0.39 is 6.04 Å². The standard InChI is InChI=1S/C17H16I2N2O4/c1-24-12-3-5-15(18)11(7-12)9-20-17(10-21(22)23)14-8-13(25-2)4-6-16(14)19/h3-9,17H,10H2,1-2H3/t17-/m0/s1. The Morgan fingerprint density at radius 1 is 1.12 bits per heavy atom. The molecule has 0 aromatic heterocycles. The molecule has 0 amide bonds. The van der Waals surface area contributed by atoms with Crippen LogP contribution >= 0.6 is 45.2 Å². The second-order valence-electron chi connectivity index (χ2n) is 5.08. The molecule has 8 heteroatoms. The van der Waals surface area contributed by atoms with Gasteiger partial charge in [0.05, 0.1) is 14.2 Å². The summed E-state index contributed by atoms with van der Waals surface area (Å²) in [7, 11) is 3.16. The van der Waals surface area contributed by atoms with Crippen LogP contribution in [0.4, 0.5) is 0 Å². The van der Waals surface area contributed by atoms with Crippen molar-refractivity contribution in [2.45, 2.75) is 6.04 Å². The summed E-state index contributed by atoms with van der Waals surface area (Å²) in [5.74, 6) is 1.36. The van der Waals surface area contributed by atoms with Gasteiger partial charge in [0.15, 0.2) is 0 Å². The molecule has 0 N–H and O–H groups in total. The van der Waals surface area contributed by atoms with Gasteiger partial charge in [-0.2, -0.15) is 0 Å². The molecule has 0 heterocycles. The Morgan fingerprint density at radius 3 is 2.32 bits per heavy atom. The maximum absolute atomic E-state index is 11.1. The van der Waals surface area contributed by atoms with Crippen LogP contribution in [0.5, 0.6) is 11.5 Å². The van der Waals surface area contributed by atoms with Gasteiger partial charge in [-0.3, -0.25) is 15.1 Å². The molecule has 0 aliphatic rings. The molecule has 0 bridgehead atoms. The third kappa shape index (κ3) is 5.53. The van der Waals surface area contributed by atoms with Crippen LogP contribution in [0.2, 0.25) is 0 Å². The van der Waals surface area contributed by atoms with Crippen LogP contribution in [0.1, 0.15) is 17.2 Å². The zero-order valence-electron chi connectivity index (χ0n) is 13.6. The Labute approximate surface area is 173 Å². The van der Waals surface area contributed by atoms with E-state index in [0.717, 1.165) is 18.3 Å². The van der Waals surface area contributed by atoms with Gasteiger partial charge < -0.3 is 9.47 Å². The van der Waals surface area contributed by atoms with Crippen molar-refractivity contribution in [3.8, 4) is 11.5 Å². The Morgan fingerprint density at radius 2 is 1.72 bits per heavy atom. The van der Waals surface area contributed by atoms with E-state index in [1.807, 2.05) is 30.3 Å². The van der Waals surface area contributed by atoms with Crippen LogP contribution in [0.15, 0.2) is 41.4 Å². The van der Waals surface area contributed by atoms with Crippen LogP contribution < -0.4 is 9.47 Å². The zero-order chi connectivity index (χ0) is 18.4. The number of methoxy groups -OCH3 is 2. The van der Waals surface area contributed by atoms with Gasteiger partial charge in [-0.25, -0.2) is 0 Å². The zero-order valence-corrected chi connectivity index (χ0v) is 17.9. The largest absolute Gasteiger partial charge is 0.497 e. The molecule has 25 heavy (non-hydrogen) atoms. The van der Waals surface area contributed by atoms with Crippen molar-refractivity contribution in [3.05, 3.63) is 64.8 Å². The molecule has 2 aromatic rings. The second-order valence-corrected chi connectivity index (χ2v) is 7.41. The van der Waals surface area contributed by atoms with E-state index in [1.54, 1.807) is 26.5 Å². The van der Waals surface area contributed by atoms with E-state index >= 15 is 0 Å². The summed E-state index contributed by atoms with van der Waals surface area (Å²) in [4.78, 5) is 15.2. The summed E-state index contributed by atoms with van der Waals surface area (Å²) in [6.45, 7) is -0.291. The lowest BCUT2D eigenvalue weighted by atomic mass is 10.1. The van der Waals surface area contributed by atoms with E-state index in [1.165, 1.54) is 0 Å². The Balaban J connectivity index is 2.40. The minimum absolute atomic E-state index is 0.291. The van der Waals surface area contributed by atoms with Gasteiger partial charge in [0.1, 0.15) is 17.5 Å². The third-order valence-corrected chi connectivity index (χ3v) is 5.45. The van der Waals surface area contributed by atoms with Crippen molar-refractivity contribution in [1.82, 2.24) is 0 Å². The predicted molar refractivity (Wildman–Crippen MR) is 114 cm³/mol. The molecule has 0 aliphatic heterocycles. The fourth-order valence-electron chi connectivity index (χ4n) is 2.19. The molecular formula is C17H16I2N2O4. The van der Waals surface area contributed by atoms with Crippen molar-refractivity contribution in [2.24, 2.45) is 4.99 Å². The van der Waals surface area contributed by atoms with Crippen molar-refractivity contribution >= 4 is 51.4 Å². The number of nitro groups is 1. The molecule has 0 aliphatic carbocycles. The van der Waals surface area contributed by atoms with Gasteiger partial charge in [0.2, 0.25) is 6.54 Å². The van der Waals surface area contributed by atoms with E-state index in [2.05, 4.69) is 50.2 Å². The highest BCUT2D eigenvalue weighted by Gasteiger charge is 2.20. The number of rotatable bonds is 7. The molecule has 0 saturated heterocycles. The van der Waals surface area contributed by atoms with E-state index in [0.29, 0.717) is 11.5 Å². The summed E-state index contributed by atoms with van der Waals surface area (Å²) in [6, 6.07) is 10.5. The highest BCUT2D eigenvalue weighted by molar-refractivity contribution is 14.1. The fraction of sp³-hybridized carbons (Fsp3) is 0.235. The van der Waals surface area contributed by atoms with Crippen molar-refractivity contribution in [2.75, 3.05) is 20.8 Å². The number of ether oxygens (including phenoxy) is 2. The van der Waals surface area contributed by atoms with Crippen LogP contribution in [0, 0.1) is 17.3 Å². The Kier molecular flexibility index (Phi) is 7.41. The first-order valence-electron chi connectivity index (χ1n) is 7.26. The summed E-state index contributed by atoms with van der Waals surface area (Å²) < 4.78 is 12.4. The molecule has 0 saturated carbocycles. The first kappa shape index (κ1) is 19.9. The van der Waals surface area contributed by atoms with E-state index in [4.69, 9.17) is 9.47 Å². The Bertz CT molecular complexity index is 796. The molecule has 0 fully saturated rings. The monoisotopic (exact) mass is 566 g/mol. The third-order valence-electron chi connectivity index (χ3n) is 3.48. The highest BCUT2D eigenvalue weighted by Crippen LogP contribution is 2.28. The number of aliphatic imine (C=N–C) groups is 1. The van der Waals surface area contributed by atoms with Crippen LogP contribution in [0.25, 0.3) is 0 Å². The predicted octanol–water partition coefficient (Wildman–Crippen LogP) is 4.35. The van der Waals surface area contributed by atoms with Gasteiger partial charge in [0.25, 0.3) is 0 Å². The Hall–Kier alpha value is -1.43. The van der Waals surface area contributed by atoms with Crippen molar-refractivity contribution < 1.29 is 14.4 Å². The number of nitrogens with zero attached hydrogens (tertiary/aromatic N) is 2. The normalized spacial score (nSPS) is 12.2. The van der Waals surface area contributed by atoms with Gasteiger partial charge in [-0.05, 0) is 81.6 Å². The average molecular weight is 566 g/mol. The first-order valence-corrected chi connectivity index (χ1v) is 9.42. The maximum atomic E-state index is 11.1. The lowest BCUT2D eigenvalue weighted by molar-refractivity contribution is -0.483. The van der Waals surface area contributed by atoms with Gasteiger partial charge in [-0.15, -0.1) is 0 Å².